The van der Waals surface area contributed by atoms with E-state index in [4.69, 9.17) is 4.84 Å². The van der Waals surface area contributed by atoms with Crippen molar-refractivity contribution in [2.75, 3.05) is 25.0 Å². The van der Waals surface area contributed by atoms with Crippen molar-refractivity contribution < 1.29 is 22.8 Å². The minimum absolute atomic E-state index is 0.00156. The lowest BCUT2D eigenvalue weighted by Crippen LogP contribution is -2.28. The molecule has 2 aliphatic rings. The lowest BCUT2D eigenvalue weighted by Gasteiger charge is -2.14. The fourth-order valence-corrected chi connectivity index (χ4v) is 5.42. The highest BCUT2D eigenvalue weighted by Crippen LogP contribution is 2.33. The van der Waals surface area contributed by atoms with E-state index in [0.717, 1.165) is 6.42 Å². The minimum Gasteiger partial charge on any atom is -0.393 e. The van der Waals surface area contributed by atoms with Gasteiger partial charge in [-0.3, -0.25) is 14.9 Å². The zero-order valence-electron chi connectivity index (χ0n) is 16.7. The number of anilines is 1. The second-order valence-corrected chi connectivity index (χ2v) is 10.4. The van der Waals surface area contributed by atoms with E-state index in [0.29, 0.717) is 43.0 Å². The Morgan fingerprint density at radius 3 is 2.68 bits per heavy atom. The molecule has 164 valence electrons. The number of hydrogen-bond acceptors (Lipinski definition) is 8. The lowest BCUT2D eigenvalue weighted by molar-refractivity contribution is -0.128. The Morgan fingerprint density at radius 1 is 1.29 bits per heavy atom. The van der Waals surface area contributed by atoms with Gasteiger partial charge in [0.25, 0.3) is 5.91 Å². The van der Waals surface area contributed by atoms with E-state index < -0.39 is 15.7 Å². The summed E-state index contributed by atoms with van der Waals surface area (Å²) in [6.07, 6.45) is 4.31. The van der Waals surface area contributed by atoms with E-state index in [9.17, 15) is 18.0 Å². The molecule has 9 nitrogen and oxygen atoms in total. The van der Waals surface area contributed by atoms with Crippen LogP contribution in [-0.2, 0) is 24.3 Å². The van der Waals surface area contributed by atoms with Crippen molar-refractivity contribution >= 4 is 43.8 Å². The Morgan fingerprint density at radius 2 is 2.06 bits per heavy atom. The number of nitrogens with zero attached hydrogens (tertiary/aromatic N) is 3. The van der Waals surface area contributed by atoms with E-state index in [-0.39, 0.29) is 28.4 Å². The lowest BCUT2D eigenvalue weighted by atomic mass is 10.1. The molecule has 1 aliphatic carbocycles. The first-order chi connectivity index (χ1) is 14.9. The number of carbonyl (C=O) groups is 2. The number of rotatable bonds is 9. The molecule has 1 aromatic carbocycles. The van der Waals surface area contributed by atoms with Gasteiger partial charge in [-0.2, -0.15) is 0 Å². The fraction of sp³-hybridized carbons (Fsp3) is 0.400. The average Bonchev–Trinajstić information content (AvgIpc) is 3.37. The Hall–Kier alpha value is -2.79. The number of hydrogen-bond donors (Lipinski definition) is 1. The maximum Gasteiger partial charge on any atom is 0.280 e. The van der Waals surface area contributed by atoms with E-state index >= 15 is 0 Å². The van der Waals surface area contributed by atoms with Crippen LogP contribution in [0.1, 0.15) is 31.2 Å². The highest BCUT2D eigenvalue weighted by atomic mass is 32.2. The van der Waals surface area contributed by atoms with Gasteiger partial charge in [-0.1, -0.05) is 17.3 Å². The number of benzene rings is 1. The van der Waals surface area contributed by atoms with Crippen LogP contribution in [0.2, 0.25) is 0 Å². The molecule has 11 heteroatoms. The summed E-state index contributed by atoms with van der Waals surface area (Å²) in [6, 6.07) is 6.06. The number of sulfone groups is 1. The van der Waals surface area contributed by atoms with Gasteiger partial charge in [0.2, 0.25) is 5.91 Å². The predicted octanol–water partition coefficient (Wildman–Crippen LogP) is 2.06. The predicted molar refractivity (Wildman–Crippen MR) is 116 cm³/mol. The third-order valence-corrected chi connectivity index (χ3v) is 8.03. The minimum atomic E-state index is -3.32. The number of nitrogens with one attached hydrogen (secondary N) is 1. The summed E-state index contributed by atoms with van der Waals surface area (Å²) >= 11 is 1.26. The standard InChI is InChI=1S/C20H22N4O5S2/c25-17-2-1-10-24(17)11-12-29-23-18(19(26)22-20-21-9-13-30-20)14-3-5-15(6-4-14)31(27,28)16-7-8-16/h3-6,9,13,16H,1-2,7-8,10-12H2,(H,21,22,26)/b23-18+. The Labute approximate surface area is 184 Å². The zero-order valence-corrected chi connectivity index (χ0v) is 18.3. The number of carbonyl (C=O) groups excluding carboxylic acids is 2. The molecule has 1 N–H and O–H groups in total. The molecular weight excluding hydrogens is 440 g/mol. The van der Waals surface area contributed by atoms with Crippen LogP contribution >= 0.6 is 11.3 Å². The second-order valence-electron chi connectivity index (χ2n) is 7.32. The van der Waals surface area contributed by atoms with Crippen molar-refractivity contribution in [1.82, 2.24) is 9.88 Å². The second kappa shape index (κ2) is 9.15. The Kier molecular flexibility index (Phi) is 6.33. The SMILES string of the molecule is O=C(Nc1nccs1)/C(=N/OCCN1CCCC1=O)c1ccc(S(=O)(=O)C2CC2)cc1. The molecule has 1 saturated carbocycles. The van der Waals surface area contributed by atoms with E-state index in [2.05, 4.69) is 15.5 Å². The van der Waals surface area contributed by atoms with Crippen LogP contribution in [0, 0.1) is 0 Å². The molecular formula is C20H22N4O5S2. The summed E-state index contributed by atoms with van der Waals surface area (Å²) in [4.78, 5) is 35.8. The van der Waals surface area contributed by atoms with Crippen molar-refractivity contribution in [3.05, 3.63) is 41.4 Å². The third-order valence-electron chi connectivity index (χ3n) is 5.07. The summed E-state index contributed by atoms with van der Waals surface area (Å²) in [5.74, 6) is -0.438. The quantitative estimate of drug-likeness (QED) is 0.346. The van der Waals surface area contributed by atoms with Gasteiger partial charge >= 0.3 is 0 Å². The first-order valence-electron chi connectivity index (χ1n) is 9.98. The van der Waals surface area contributed by atoms with E-state index in [1.807, 2.05) is 0 Å². The van der Waals surface area contributed by atoms with Crippen LogP contribution in [0.4, 0.5) is 5.13 Å². The number of aromatic nitrogens is 1. The van der Waals surface area contributed by atoms with Crippen molar-refractivity contribution in [3.8, 4) is 0 Å². The first-order valence-corrected chi connectivity index (χ1v) is 12.4. The number of amides is 2. The molecule has 0 radical (unpaired) electrons. The molecule has 2 amide bonds. The van der Waals surface area contributed by atoms with Crippen LogP contribution in [-0.4, -0.2) is 60.8 Å². The number of thiazole rings is 1. The van der Waals surface area contributed by atoms with Gasteiger partial charge in [-0.05, 0) is 31.4 Å². The molecule has 0 unspecified atom stereocenters. The van der Waals surface area contributed by atoms with E-state index in [1.54, 1.807) is 28.6 Å². The zero-order chi connectivity index (χ0) is 21.8. The van der Waals surface area contributed by atoms with Crippen molar-refractivity contribution in [2.24, 2.45) is 5.16 Å². The Bertz CT molecular complexity index is 1080. The topological polar surface area (TPSA) is 118 Å². The first kappa shape index (κ1) is 21.4. The summed E-state index contributed by atoms with van der Waals surface area (Å²) in [5, 5.41) is 8.48. The molecule has 2 heterocycles. The van der Waals surface area contributed by atoms with Crippen LogP contribution in [0.15, 0.2) is 45.9 Å². The largest absolute Gasteiger partial charge is 0.393 e. The highest BCUT2D eigenvalue weighted by Gasteiger charge is 2.36. The highest BCUT2D eigenvalue weighted by molar-refractivity contribution is 7.92. The van der Waals surface area contributed by atoms with Gasteiger partial charge in [-0.25, -0.2) is 13.4 Å². The van der Waals surface area contributed by atoms with E-state index in [1.165, 1.54) is 23.5 Å². The molecule has 2 aromatic rings. The van der Waals surface area contributed by atoms with Gasteiger partial charge < -0.3 is 9.74 Å². The van der Waals surface area contributed by atoms with Gasteiger partial charge in [0.15, 0.2) is 20.7 Å². The molecule has 31 heavy (non-hydrogen) atoms. The monoisotopic (exact) mass is 462 g/mol. The van der Waals surface area contributed by atoms with Crippen molar-refractivity contribution in [3.63, 3.8) is 0 Å². The summed E-state index contributed by atoms with van der Waals surface area (Å²) in [6.45, 7) is 1.23. The fourth-order valence-electron chi connectivity index (χ4n) is 3.24. The van der Waals surface area contributed by atoms with Gasteiger partial charge in [0.1, 0.15) is 6.61 Å². The summed E-state index contributed by atoms with van der Waals surface area (Å²) in [5.41, 5.74) is 0.416. The molecule has 0 bridgehead atoms. The maximum absolute atomic E-state index is 12.8. The summed E-state index contributed by atoms with van der Waals surface area (Å²) < 4.78 is 24.8. The average molecular weight is 463 g/mol. The van der Waals surface area contributed by atoms with Crippen LogP contribution in [0.3, 0.4) is 0 Å². The Balaban J connectivity index is 1.49. The van der Waals surface area contributed by atoms with Gasteiger partial charge in [0.05, 0.1) is 16.7 Å². The van der Waals surface area contributed by atoms with Crippen LogP contribution in [0.25, 0.3) is 0 Å². The molecule has 0 atom stereocenters. The van der Waals surface area contributed by atoms with Gasteiger partial charge in [0, 0.05) is 30.1 Å². The van der Waals surface area contributed by atoms with Crippen molar-refractivity contribution in [1.29, 1.82) is 0 Å². The maximum atomic E-state index is 12.8. The molecule has 0 spiro atoms. The third kappa shape index (κ3) is 5.10. The number of likely N-dealkylation sites (tertiary alicyclic amines) is 1. The molecule has 4 rings (SSSR count). The van der Waals surface area contributed by atoms with Crippen LogP contribution in [0.5, 0.6) is 0 Å². The molecule has 1 saturated heterocycles. The molecule has 1 aromatic heterocycles. The molecule has 1 aliphatic heterocycles. The number of oxime groups is 1. The normalized spacial score (nSPS) is 17.1. The van der Waals surface area contributed by atoms with Crippen molar-refractivity contribution in [2.45, 2.75) is 35.8 Å². The smallest absolute Gasteiger partial charge is 0.280 e. The van der Waals surface area contributed by atoms with Crippen LogP contribution < -0.4 is 5.32 Å². The van der Waals surface area contributed by atoms with Gasteiger partial charge in [-0.15, -0.1) is 11.3 Å². The molecule has 2 fully saturated rings. The summed E-state index contributed by atoms with van der Waals surface area (Å²) in [7, 11) is -3.32.